The number of unbranched alkanes of at least 4 members (excludes halogenated alkanes) is 31. The highest BCUT2D eigenvalue weighted by atomic mass is 16.7. The first kappa shape index (κ1) is 55.9. The highest BCUT2D eigenvalue weighted by Crippen LogP contribution is 2.23. The van der Waals surface area contributed by atoms with E-state index in [0.717, 1.165) is 51.4 Å². The van der Waals surface area contributed by atoms with Crippen LogP contribution in [-0.2, 0) is 14.3 Å². The standard InChI is InChI=1S/C50H97NO8/c1-3-5-7-9-11-13-15-17-19-21-23-25-27-29-31-33-35-37-39-44(53)43(42-58-50-49(57)48(56)47(55)45(41-52)59-50)51-46(54)40-38-36-34-32-30-28-26-24-22-20-18-16-14-12-10-8-6-4-2/h24,26,43-45,47-50,52-53,55-57H,3-23,25,27-42H2,1-2H3,(H,51,54)/b26-24-. The quantitative estimate of drug-likeness (QED) is 0.0263. The van der Waals surface area contributed by atoms with Crippen molar-refractivity contribution >= 4 is 5.91 Å². The number of ether oxygens (including phenoxy) is 2. The van der Waals surface area contributed by atoms with E-state index < -0.39 is 49.5 Å². The highest BCUT2D eigenvalue weighted by molar-refractivity contribution is 5.76. The molecule has 6 N–H and O–H groups in total. The van der Waals surface area contributed by atoms with Crippen molar-refractivity contribution in [1.29, 1.82) is 0 Å². The Kier molecular flexibility index (Phi) is 38.9. The maximum atomic E-state index is 13.0. The third-order valence-corrected chi connectivity index (χ3v) is 12.4. The maximum absolute atomic E-state index is 13.0. The lowest BCUT2D eigenvalue weighted by Crippen LogP contribution is -2.60. The van der Waals surface area contributed by atoms with E-state index in [-0.39, 0.29) is 12.5 Å². The summed E-state index contributed by atoms with van der Waals surface area (Å²) in [6, 6.07) is -0.719. The van der Waals surface area contributed by atoms with Crippen LogP contribution in [0, 0.1) is 0 Å². The van der Waals surface area contributed by atoms with Crippen LogP contribution in [0.25, 0.3) is 0 Å². The molecule has 350 valence electrons. The van der Waals surface area contributed by atoms with E-state index in [2.05, 4.69) is 31.3 Å². The van der Waals surface area contributed by atoms with E-state index in [1.54, 1.807) is 0 Å². The minimum atomic E-state index is -1.55. The molecule has 0 saturated carbocycles. The van der Waals surface area contributed by atoms with Crippen molar-refractivity contribution in [3.8, 4) is 0 Å². The van der Waals surface area contributed by atoms with Crippen LogP contribution in [0.1, 0.15) is 245 Å². The number of amides is 1. The molecule has 0 aliphatic carbocycles. The smallest absolute Gasteiger partial charge is 0.220 e. The molecule has 9 heteroatoms. The van der Waals surface area contributed by atoms with Crippen LogP contribution in [0.5, 0.6) is 0 Å². The molecule has 0 bridgehead atoms. The first-order chi connectivity index (χ1) is 28.8. The molecule has 7 atom stereocenters. The monoisotopic (exact) mass is 840 g/mol. The Morgan fingerprint density at radius 2 is 0.949 bits per heavy atom. The lowest BCUT2D eigenvalue weighted by molar-refractivity contribution is -0.302. The predicted molar refractivity (Wildman–Crippen MR) is 244 cm³/mol. The zero-order chi connectivity index (χ0) is 43.0. The zero-order valence-corrected chi connectivity index (χ0v) is 38.5. The van der Waals surface area contributed by atoms with Crippen molar-refractivity contribution < 1.29 is 39.8 Å². The van der Waals surface area contributed by atoms with E-state index in [4.69, 9.17) is 9.47 Å². The molecule has 9 nitrogen and oxygen atoms in total. The number of hydrogen-bond donors (Lipinski definition) is 6. The molecule has 1 saturated heterocycles. The largest absolute Gasteiger partial charge is 0.394 e. The van der Waals surface area contributed by atoms with Gasteiger partial charge in [-0.15, -0.1) is 0 Å². The number of nitrogens with one attached hydrogen (secondary N) is 1. The van der Waals surface area contributed by atoms with E-state index in [1.165, 1.54) is 167 Å². The number of allylic oxidation sites excluding steroid dienone is 2. The van der Waals surface area contributed by atoms with Gasteiger partial charge in [0.15, 0.2) is 6.29 Å². The minimum Gasteiger partial charge on any atom is -0.394 e. The fourth-order valence-corrected chi connectivity index (χ4v) is 8.27. The van der Waals surface area contributed by atoms with Gasteiger partial charge in [-0.25, -0.2) is 0 Å². The van der Waals surface area contributed by atoms with Crippen molar-refractivity contribution in [2.45, 2.75) is 288 Å². The van der Waals surface area contributed by atoms with Crippen molar-refractivity contribution in [2.24, 2.45) is 0 Å². The van der Waals surface area contributed by atoms with Crippen LogP contribution in [0.2, 0.25) is 0 Å². The summed E-state index contributed by atoms with van der Waals surface area (Å²) < 4.78 is 11.3. The van der Waals surface area contributed by atoms with Crippen LogP contribution in [0.3, 0.4) is 0 Å². The van der Waals surface area contributed by atoms with Crippen molar-refractivity contribution in [3.63, 3.8) is 0 Å². The average Bonchev–Trinajstić information content (AvgIpc) is 3.23. The third-order valence-electron chi connectivity index (χ3n) is 12.4. The van der Waals surface area contributed by atoms with Gasteiger partial charge < -0.3 is 40.3 Å². The molecule has 1 fully saturated rings. The summed E-state index contributed by atoms with van der Waals surface area (Å²) in [6.45, 7) is 3.85. The Bertz CT molecular complexity index is 935. The Morgan fingerprint density at radius 3 is 1.37 bits per heavy atom. The average molecular weight is 840 g/mol. The fourth-order valence-electron chi connectivity index (χ4n) is 8.27. The predicted octanol–water partition coefficient (Wildman–Crippen LogP) is 11.3. The molecule has 0 aromatic rings. The van der Waals surface area contributed by atoms with Crippen molar-refractivity contribution in [2.75, 3.05) is 13.2 Å². The van der Waals surface area contributed by atoms with Crippen LogP contribution in [0.15, 0.2) is 12.2 Å². The zero-order valence-electron chi connectivity index (χ0n) is 38.5. The highest BCUT2D eigenvalue weighted by Gasteiger charge is 2.44. The van der Waals surface area contributed by atoms with Crippen LogP contribution < -0.4 is 5.32 Å². The van der Waals surface area contributed by atoms with E-state index in [0.29, 0.717) is 12.8 Å². The molecule has 1 rings (SSSR count). The summed E-state index contributed by atoms with van der Waals surface area (Å²) in [4.78, 5) is 13.0. The number of hydrogen-bond acceptors (Lipinski definition) is 8. The van der Waals surface area contributed by atoms with Gasteiger partial charge >= 0.3 is 0 Å². The number of aliphatic hydroxyl groups is 5. The SMILES string of the molecule is CCCCCCCCCCC/C=C\CCCCCCCC(=O)NC(COC1OC(CO)C(O)C(O)C1O)C(O)CCCCCCCCCCCCCCCCCCCC. The van der Waals surface area contributed by atoms with Gasteiger partial charge in [0.25, 0.3) is 0 Å². The lowest BCUT2D eigenvalue weighted by atomic mass is 9.99. The topological polar surface area (TPSA) is 149 Å². The number of carbonyl (C=O) groups excluding carboxylic acids is 1. The first-order valence-corrected chi connectivity index (χ1v) is 25.4. The summed E-state index contributed by atoms with van der Waals surface area (Å²) in [6.07, 6.45) is 40.7. The summed E-state index contributed by atoms with van der Waals surface area (Å²) >= 11 is 0. The molecule has 7 unspecified atom stereocenters. The van der Waals surface area contributed by atoms with Crippen molar-refractivity contribution in [3.05, 3.63) is 12.2 Å². The van der Waals surface area contributed by atoms with Crippen LogP contribution in [-0.4, -0.2) is 87.5 Å². The normalized spacial score (nSPS) is 20.7. The van der Waals surface area contributed by atoms with E-state index in [9.17, 15) is 30.3 Å². The van der Waals surface area contributed by atoms with Crippen molar-refractivity contribution in [1.82, 2.24) is 5.32 Å². The molecule has 59 heavy (non-hydrogen) atoms. The molecule has 0 spiro atoms. The van der Waals surface area contributed by atoms with Gasteiger partial charge in [0, 0.05) is 6.42 Å². The van der Waals surface area contributed by atoms with Gasteiger partial charge in [0.1, 0.15) is 24.4 Å². The van der Waals surface area contributed by atoms with Gasteiger partial charge in [0.05, 0.1) is 25.4 Å². The van der Waals surface area contributed by atoms with Gasteiger partial charge in [-0.2, -0.15) is 0 Å². The second-order valence-electron chi connectivity index (χ2n) is 18.0. The molecule has 0 aromatic carbocycles. The van der Waals surface area contributed by atoms with Gasteiger partial charge in [-0.05, 0) is 38.5 Å². The molecule has 0 aromatic heterocycles. The van der Waals surface area contributed by atoms with Gasteiger partial charge in [-0.3, -0.25) is 4.79 Å². The van der Waals surface area contributed by atoms with E-state index in [1.807, 2.05) is 0 Å². The summed E-state index contributed by atoms with van der Waals surface area (Å²) in [7, 11) is 0. The first-order valence-electron chi connectivity index (χ1n) is 25.4. The Morgan fingerprint density at radius 1 is 0.559 bits per heavy atom. The second-order valence-corrected chi connectivity index (χ2v) is 18.0. The summed E-state index contributed by atoms with van der Waals surface area (Å²) in [5.74, 6) is -0.149. The maximum Gasteiger partial charge on any atom is 0.220 e. The number of carbonyl (C=O) groups is 1. The molecular weight excluding hydrogens is 743 g/mol. The van der Waals surface area contributed by atoms with E-state index >= 15 is 0 Å². The minimum absolute atomic E-state index is 0.138. The second kappa shape index (κ2) is 41.0. The summed E-state index contributed by atoms with van der Waals surface area (Å²) in [5.41, 5.74) is 0. The Balaban J connectivity index is 2.28. The number of aliphatic hydroxyl groups excluding tert-OH is 5. The lowest BCUT2D eigenvalue weighted by Gasteiger charge is -2.40. The number of rotatable bonds is 43. The Hall–Kier alpha value is -1.07. The van der Waals surface area contributed by atoms with Crippen LogP contribution >= 0.6 is 0 Å². The molecule has 1 aliphatic rings. The van der Waals surface area contributed by atoms with Gasteiger partial charge in [-0.1, -0.05) is 212 Å². The summed E-state index contributed by atoms with van der Waals surface area (Å²) in [5, 5.41) is 54.5. The molecular formula is C50H97NO8. The Labute approximate surface area is 363 Å². The molecule has 1 amide bonds. The fraction of sp³-hybridized carbons (Fsp3) is 0.940. The van der Waals surface area contributed by atoms with Gasteiger partial charge in [0.2, 0.25) is 5.91 Å². The molecule has 0 radical (unpaired) electrons. The van der Waals surface area contributed by atoms with Crippen LogP contribution in [0.4, 0.5) is 0 Å². The molecule has 1 aliphatic heterocycles. The third kappa shape index (κ3) is 31.4. The molecule has 1 heterocycles.